The van der Waals surface area contributed by atoms with E-state index < -0.39 is 186 Å². The van der Waals surface area contributed by atoms with Crippen LogP contribution in [0, 0.1) is 18.8 Å². The van der Waals surface area contributed by atoms with Crippen molar-refractivity contribution in [1.82, 2.24) is 59.6 Å². The van der Waals surface area contributed by atoms with Crippen LogP contribution in [0.15, 0.2) is 54.6 Å². The van der Waals surface area contributed by atoms with E-state index in [1.807, 2.05) is 51.1 Å². The summed E-state index contributed by atoms with van der Waals surface area (Å²) in [5, 5.41) is 5.82. The average molecular weight is 1530 g/mol. The van der Waals surface area contributed by atoms with Gasteiger partial charge in [0.05, 0.1) is 31.7 Å². The first-order chi connectivity index (χ1) is 51.8. The molecule has 4 aliphatic heterocycles. The molecule has 2 aromatic rings. The number of aryl methyl sites for hydroxylation is 2. The third-order valence-corrected chi connectivity index (χ3v) is 24.0. The SMILES string of the molecule is CCC[C@H]1C(=O)N[C@@H]([C@@H](C)CC)C(=O)N(C2CC2)CC(=O)N(C)[C@@H]2C/C=C\CCN(C2=O)[C@@H](Cc2ccc(C)cc2)C(=O)N(C)CC(=O)N[C@@H](CCc2ccc(C(F)(F)F)c(OC)c2)C(=O)N2C[C@H](OCC)C[C@H]2C(=O)N(C)C2(CCC2)C(=O)N(C)[C@@H](C2CCCC2)C(=O)N(C)[C@H](C(=O)N2CCCC2)CC(=O)N1C. The number of likely N-dealkylation sites (tertiary alicyclic amines) is 1. The monoisotopic (exact) mass is 1520 g/mol. The second kappa shape index (κ2) is 36.9. The predicted molar refractivity (Wildman–Crippen MR) is 399 cm³/mol. The van der Waals surface area contributed by atoms with E-state index in [0.717, 1.165) is 36.5 Å². The molecule has 0 radical (unpaired) electrons. The number of methoxy groups -OCH3 is 1. The summed E-state index contributed by atoms with van der Waals surface area (Å²) < 4.78 is 54.0. The standard InChI is InChI=1S/C80H115F3N12O14/c1-13-24-59-70(99)85-68(51(5)14-2)76(105)94(55-34-35-55)49-67(98)88(8)60-27-17-16-20-42-93(75(60)104)62(43-52-30-28-50(4)29-31-52)72(101)86(6)48-65(96)84-58(37-33-53-32-36-57(80(81,82)83)64(44-53)108-12)71(100)95-47-56(109-15-3)45-63(95)73(102)91(11)79(38-23-39-79)78(107)90(10)69(54-25-18-19-26-54)77(106)89(9)61(46-66(97)87(59)7)74(103)92-40-21-22-41-92/h16-17,28-32,36,44,51,54-56,58-63,68-69H,13-15,18-27,33-35,37-43,45-49H2,1-12H3,(H,84,96)(H,85,99)/b17-16-/t51-,56+,58-,59-,60+,61-,62-,63-,68-,69-/m0/s1. The first kappa shape index (κ1) is 84.4. The van der Waals surface area contributed by atoms with Gasteiger partial charge in [0, 0.05) is 94.0 Å². The normalized spacial score (nSPS) is 27.3. The molecule has 0 aromatic heterocycles. The van der Waals surface area contributed by atoms with E-state index >= 15 is 52.7 Å². The van der Waals surface area contributed by atoms with Gasteiger partial charge in [0.15, 0.2) is 0 Å². The Hall–Kier alpha value is -8.63. The molecule has 10 atom stereocenters. The Labute approximate surface area is 639 Å². The Morgan fingerprint density at radius 3 is 1.94 bits per heavy atom. The second-order valence-electron chi connectivity index (χ2n) is 31.2. The lowest BCUT2D eigenvalue weighted by Gasteiger charge is -2.51. The number of benzene rings is 2. The van der Waals surface area contributed by atoms with Crippen molar-refractivity contribution in [1.29, 1.82) is 0 Å². The van der Waals surface area contributed by atoms with Gasteiger partial charge in [-0.25, -0.2) is 0 Å². The molecule has 3 saturated carbocycles. The molecule has 9 rings (SSSR count). The first-order valence-electron chi connectivity index (χ1n) is 39.2. The first-order valence-corrected chi connectivity index (χ1v) is 39.2. The maximum Gasteiger partial charge on any atom is 0.419 e. The number of likely N-dealkylation sites (N-methyl/N-ethyl adjacent to an activating group) is 6. The number of nitrogens with one attached hydrogen (secondary N) is 2. The fourth-order valence-electron chi connectivity index (χ4n) is 16.7. The molecule has 1 spiro atoms. The lowest BCUT2D eigenvalue weighted by Crippen LogP contribution is -2.68. The summed E-state index contributed by atoms with van der Waals surface area (Å²) in [5.41, 5.74) is -0.721. The highest BCUT2D eigenvalue weighted by Crippen LogP contribution is 2.43. The topological polar surface area (TPSA) is 280 Å². The maximum atomic E-state index is 15.9. The number of nitrogens with zero attached hydrogens (tertiary/aromatic N) is 10. The zero-order valence-corrected chi connectivity index (χ0v) is 65.7. The van der Waals surface area contributed by atoms with Crippen molar-refractivity contribution in [3.05, 3.63) is 76.9 Å². The van der Waals surface area contributed by atoms with Gasteiger partial charge in [-0.2, -0.15) is 13.2 Å². The van der Waals surface area contributed by atoms with Crippen LogP contribution in [-0.2, 0) is 81.3 Å². The average Bonchev–Trinajstić information content (AvgIpc) is 1.70. The summed E-state index contributed by atoms with van der Waals surface area (Å²) in [4.78, 5) is 198. The van der Waals surface area contributed by atoms with E-state index in [4.69, 9.17) is 9.47 Å². The van der Waals surface area contributed by atoms with Gasteiger partial charge >= 0.3 is 6.18 Å². The van der Waals surface area contributed by atoms with E-state index in [0.29, 0.717) is 88.4 Å². The number of alkyl halides is 3. The third-order valence-electron chi connectivity index (χ3n) is 24.0. The van der Waals surface area contributed by atoms with Crippen LogP contribution in [0.2, 0.25) is 0 Å². The van der Waals surface area contributed by atoms with Gasteiger partial charge < -0.3 is 69.1 Å². The molecule has 3 saturated heterocycles. The Kier molecular flexibility index (Phi) is 28.6. The molecule has 29 heteroatoms. The second-order valence-corrected chi connectivity index (χ2v) is 31.2. The maximum absolute atomic E-state index is 15.9. The number of halogens is 3. The number of hydrogen-bond acceptors (Lipinski definition) is 14. The van der Waals surface area contributed by atoms with Crippen molar-refractivity contribution in [2.24, 2.45) is 11.8 Å². The Balaban J connectivity index is 1.13. The van der Waals surface area contributed by atoms with E-state index in [-0.39, 0.29) is 71.1 Å². The zero-order valence-electron chi connectivity index (χ0n) is 65.7. The van der Waals surface area contributed by atoms with Crippen molar-refractivity contribution < 1.29 is 80.2 Å². The smallest absolute Gasteiger partial charge is 0.419 e. The van der Waals surface area contributed by atoms with Gasteiger partial charge in [-0.15, -0.1) is 0 Å². The Morgan fingerprint density at radius 2 is 1.33 bits per heavy atom. The molecule has 600 valence electrons. The highest BCUT2D eigenvalue weighted by Gasteiger charge is 2.57. The highest BCUT2D eigenvalue weighted by atomic mass is 19.4. The van der Waals surface area contributed by atoms with Crippen molar-refractivity contribution in [2.45, 2.75) is 242 Å². The molecule has 12 amide bonds. The number of rotatable bonds is 15. The molecule has 26 nitrogen and oxygen atoms in total. The van der Waals surface area contributed by atoms with E-state index in [1.165, 1.54) is 93.6 Å². The number of fused-ring (bicyclic) bond motifs is 3. The van der Waals surface area contributed by atoms with Crippen LogP contribution in [0.4, 0.5) is 13.2 Å². The molecule has 2 bridgehead atoms. The molecule has 2 aromatic carbocycles. The predicted octanol–water partition coefficient (Wildman–Crippen LogP) is 5.92. The fraction of sp³-hybridized carbons (Fsp3) is 0.675. The van der Waals surface area contributed by atoms with Crippen molar-refractivity contribution in [3.8, 4) is 5.75 Å². The van der Waals surface area contributed by atoms with Crippen LogP contribution in [-0.4, -0.2) is 281 Å². The number of carbonyl (C=O) groups is 12. The molecular formula is C80H115F3N12O14. The van der Waals surface area contributed by atoms with E-state index in [2.05, 4.69) is 10.6 Å². The Morgan fingerprint density at radius 1 is 0.661 bits per heavy atom. The number of hydrogen-bond donors (Lipinski definition) is 2. The van der Waals surface area contributed by atoms with Crippen LogP contribution in [0.1, 0.15) is 172 Å². The molecule has 0 unspecified atom stereocenters. The molecule has 109 heavy (non-hydrogen) atoms. The fourth-order valence-corrected chi connectivity index (χ4v) is 16.7. The summed E-state index contributed by atoms with van der Waals surface area (Å²) in [5.74, 6) is -9.05. The summed E-state index contributed by atoms with van der Waals surface area (Å²) in [6.07, 6.45) is 4.21. The minimum atomic E-state index is -4.78. The molecule has 2 N–H and O–H groups in total. The quantitative estimate of drug-likeness (QED) is 0.196. The number of amides is 12. The van der Waals surface area contributed by atoms with Crippen LogP contribution in [0.25, 0.3) is 0 Å². The molecular weight excluding hydrogens is 1410 g/mol. The van der Waals surface area contributed by atoms with E-state index in [1.54, 1.807) is 24.8 Å². The van der Waals surface area contributed by atoms with Gasteiger partial charge in [-0.1, -0.05) is 94.5 Å². The summed E-state index contributed by atoms with van der Waals surface area (Å²) in [7, 11) is 9.82. The highest BCUT2D eigenvalue weighted by molar-refractivity contribution is 6.01. The lowest BCUT2D eigenvalue weighted by atomic mass is 9.73. The molecule has 6 fully saturated rings. The van der Waals surface area contributed by atoms with Gasteiger partial charge in [-0.05, 0) is 139 Å². The molecule has 7 aliphatic rings. The van der Waals surface area contributed by atoms with Crippen molar-refractivity contribution in [3.63, 3.8) is 0 Å². The van der Waals surface area contributed by atoms with Crippen molar-refractivity contribution >= 4 is 70.9 Å². The minimum absolute atomic E-state index is 0.00108. The van der Waals surface area contributed by atoms with Gasteiger partial charge in [0.2, 0.25) is 70.9 Å². The molecule has 4 heterocycles. The lowest BCUT2D eigenvalue weighted by molar-refractivity contribution is -0.166. The van der Waals surface area contributed by atoms with Crippen LogP contribution in [0.3, 0.4) is 0 Å². The summed E-state index contributed by atoms with van der Waals surface area (Å²) >= 11 is 0. The molecule has 3 aliphatic carbocycles. The minimum Gasteiger partial charge on any atom is -0.496 e. The zero-order chi connectivity index (χ0) is 79.5. The summed E-state index contributed by atoms with van der Waals surface area (Å²) in [6.45, 7) is 8.71. The van der Waals surface area contributed by atoms with Crippen molar-refractivity contribution in [2.75, 3.05) is 95.3 Å². The number of ether oxygens (including phenoxy) is 2. The third kappa shape index (κ3) is 19.4. The van der Waals surface area contributed by atoms with Gasteiger partial charge in [0.1, 0.15) is 66.2 Å². The van der Waals surface area contributed by atoms with Crippen LogP contribution in [0.5, 0.6) is 5.75 Å². The largest absolute Gasteiger partial charge is 0.496 e. The van der Waals surface area contributed by atoms with Gasteiger partial charge in [-0.3, -0.25) is 57.5 Å². The number of carbonyl (C=O) groups excluding carboxylic acids is 12. The summed E-state index contributed by atoms with van der Waals surface area (Å²) in [6, 6.07) is -0.0623. The van der Waals surface area contributed by atoms with E-state index in [9.17, 15) is 18.0 Å². The van der Waals surface area contributed by atoms with Crippen LogP contribution >= 0.6 is 0 Å². The van der Waals surface area contributed by atoms with Gasteiger partial charge in [0.25, 0.3) is 0 Å². The van der Waals surface area contributed by atoms with Crippen LogP contribution < -0.4 is 15.4 Å². The Bertz CT molecular complexity index is 3670.